The molecule has 6 rings (SSSR count). The van der Waals surface area contributed by atoms with E-state index in [4.69, 9.17) is 0 Å². The van der Waals surface area contributed by atoms with Crippen molar-refractivity contribution in [2.45, 2.75) is 76.9 Å². The smallest absolute Gasteiger partial charge is 0.0606 e. The zero-order valence-corrected chi connectivity index (χ0v) is 22.4. The van der Waals surface area contributed by atoms with Crippen LogP contribution in [0.2, 0.25) is 0 Å². The highest BCUT2D eigenvalue weighted by molar-refractivity contribution is 5.76. The van der Waals surface area contributed by atoms with E-state index in [9.17, 15) is 0 Å². The van der Waals surface area contributed by atoms with Gasteiger partial charge in [-0.25, -0.2) is 0 Å². The normalized spacial score (nSPS) is 33.2. The number of nitrogens with one attached hydrogen (secondary N) is 2. The molecule has 0 spiro atoms. The van der Waals surface area contributed by atoms with Crippen LogP contribution in [0, 0.1) is 11.8 Å². The number of aromatic amines is 1. The van der Waals surface area contributed by atoms with Crippen LogP contribution in [0.1, 0.15) is 76.1 Å². The second kappa shape index (κ2) is 11.9. The minimum atomic E-state index is 0.338. The quantitative estimate of drug-likeness (QED) is 0.349. The third-order valence-electron chi connectivity index (χ3n) is 8.90. The summed E-state index contributed by atoms with van der Waals surface area (Å²) < 4.78 is 0. The van der Waals surface area contributed by atoms with Crippen LogP contribution in [-0.4, -0.2) is 64.8 Å². The number of aromatic nitrogens is 2. The van der Waals surface area contributed by atoms with Gasteiger partial charge in [-0.2, -0.15) is 5.10 Å². The molecule has 5 heterocycles. The third-order valence-corrected chi connectivity index (χ3v) is 8.90. The van der Waals surface area contributed by atoms with E-state index in [1.54, 1.807) is 0 Å². The highest BCUT2D eigenvalue weighted by Gasteiger charge is 2.30. The summed E-state index contributed by atoms with van der Waals surface area (Å²) in [6, 6.07) is 1.61. The molecule has 194 valence electrons. The number of rotatable bonds is 9. The van der Waals surface area contributed by atoms with E-state index in [-0.39, 0.29) is 0 Å². The van der Waals surface area contributed by atoms with Gasteiger partial charge in [0.1, 0.15) is 0 Å². The summed E-state index contributed by atoms with van der Waals surface area (Å²) in [7, 11) is 0. The first-order chi connectivity index (χ1) is 17.6. The molecule has 2 bridgehead atoms. The van der Waals surface area contributed by atoms with E-state index in [0.717, 1.165) is 30.9 Å². The SMILES string of the molecule is C=C1C=CC(c2cn[nH]c2C2CCCC(C)N2)=C=CC1CC(CC)C/C=C/CC1CN2CCN1CC2. The Balaban J connectivity index is 1.20. The Morgan fingerprint density at radius 1 is 1.19 bits per heavy atom. The van der Waals surface area contributed by atoms with Gasteiger partial charge in [-0.05, 0) is 69.1 Å². The van der Waals surface area contributed by atoms with Gasteiger partial charge in [-0.3, -0.25) is 14.9 Å². The fourth-order valence-electron chi connectivity index (χ4n) is 6.47. The van der Waals surface area contributed by atoms with Crippen LogP contribution < -0.4 is 5.32 Å². The molecule has 0 aromatic carbocycles. The number of allylic oxidation sites excluding steroid dienone is 5. The molecular formula is C31H45N5. The Hall–Kier alpha value is -2.17. The molecule has 0 amide bonds. The summed E-state index contributed by atoms with van der Waals surface area (Å²) >= 11 is 0. The number of nitrogens with zero attached hydrogens (tertiary/aromatic N) is 3. The van der Waals surface area contributed by atoms with Crippen LogP contribution in [0.5, 0.6) is 0 Å². The molecule has 2 N–H and O–H groups in total. The van der Waals surface area contributed by atoms with Crippen LogP contribution in [-0.2, 0) is 0 Å². The van der Waals surface area contributed by atoms with E-state index in [2.05, 4.69) is 81.9 Å². The Labute approximate surface area is 218 Å². The van der Waals surface area contributed by atoms with Crippen LogP contribution in [0.25, 0.3) is 5.57 Å². The Morgan fingerprint density at radius 2 is 2.06 bits per heavy atom. The third kappa shape index (κ3) is 6.03. The summed E-state index contributed by atoms with van der Waals surface area (Å²) in [6.07, 6.45) is 21.8. The van der Waals surface area contributed by atoms with Gasteiger partial charge in [-0.15, -0.1) is 5.73 Å². The summed E-state index contributed by atoms with van der Waals surface area (Å²) in [5.41, 5.74) is 8.31. The predicted molar refractivity (Wildman–Crippen MR) is 150 cm³/mol. The first-order valence-electron chi connectivity index (χ1n) is 14.4. The Bertz CT molecular complexity index is 1020. The lowest BCUT2D eigenvalue weighted by atomic mass is 9.86. The van der Waals surface area contributed by atoms with Crippen molar-refractivity contribution < 1.29 is 0 Å². The first kappa shape index (κ1) is 25.5. The van der Waals surface area contributed by atoms with Gasteiger partial charge in [0.25, 0.3) is 0 Å². The molecule has 1 aromatic heterocycles. The maximum absolute atomic E-state index is 4.43. The molecule has 0 radical (unpaired) electrons. The Kier molecular flexibility index (Phi) is 8.43. The topological polar surface area (TPSA) is 47.2 Å². The van der Waals surface area contributed by atoms with Crippen LogP contribution in [0.15, 0.2) is 54.5 Å². The molecule has 36 heavy (non-hydrogen) atoms. The number of H-pyrrole nitrogens is 1. The van der Waals surface area contributed by atoms with Gasteiger partial charge in [0.05, 0.1) is 11.9 Å². The first-order valence-corrected chi connectivity index (χ1v) is 14.4. The van der Waals surface area contributed by atoms with E-state index < -0.39 is 0 Å². The average molecular weight is 488 g/mol. The molecule has 5 atom stereocenters. The summed E-state index contributed by atoms with van der Waals surface area (Å²) in [4.78, 5) is 5.32. The van der Waals surface area contributed by atoms with Gasteiger partial charge >= 0.3 is 0 Å². The molecule has 1 aromatic rings. The maximum Gasteiger partial charge on any atom is 0.0606 e. The van der Waals surface area contributed by atoms with Crippen LogP contribution in [0.4, 0.5) is 0 Å². The van der Waals surface area contributed by atoms with E-state index in [1.165, 1.54) is 75.2 Å². The minimum Gasteiger partial charge on any atom is -0.306 e. The Morgan fingerprint density at radius 3 is 2.81 bits per heavy atom. The van der Waals surface area contributed by atoms with E-state index in [1.807, 2.05) is 6.20 Å². The largest absolute Gasteiger partial charge is 0.306 e. The number of piperidine rings is 1. The van der Waals surface area contributed by atoms with Crippen molar-refractivity contribution in [2.75, 3.05) is 32.7 Å². The van der Waals surface area contributed by atoms with E-state index >= 15 is 0 Å². The lowest BCUT2D eigenvalue weighted by Gasteiger charge is -2.47. The zero-order chi connectivity index (χ0) is 24.9. The molecule has 4 saturated heterocycles. The van der Waals surface area contributed by atoms with Crippen molar-refractivity contribution in [3.63, 3.8) is 0 Å². The lowest BCUT2D eigenvalue weighted by Crippen LogP contribution is -2.60. The van der Waals surface area contributed by atoms with E-state index in [0.29, 0.717) is 23.9 Å². The molecule has 0 saturated carbocycles. The van der Waals surface area contributed by atoms with Crippen molar-refractivity contribution in [1.29, 1.82) is 0 Å². The predicted octanol–water partition coefficient (Wildman–Crippen LogP) is 5.65. The van der Waals surface area contributed by atoms with Crippen LogP contribution in [0.3, 0.4) is 0 Å². The summed E-state index contributed by atoms with van der Waals surface area (Å²) in [5, 5.41) is 11.4. The second-order valence-electron chi connectivity index (χ2n) is 11.4. The molecule has 5 unspecified atom stereocenters. The van der Waals surface area contributed by atoms with Crippen molar-refractivity contribution in [3.8, 4) is 0 Å². The van der Waals surface area contributed by atoms with Crippen molar-refractivity contribution in [2.24, 2.45) is 11.8 Å². The van der Waals surface area contributed by atoms with Gasteiger partial charge in [-0.1, -0.05) is 38.2 Å². The van der Waals surface area contributed by atoms with Crippen molar-refractivity contribution in [1.82, 2.24) is 25.3 Å². The monoisotopic (exact) mass is 487 g/mol. The highest BCUT2D eigenvalue weighted by atomic mass is 15.3. The number of piperazine rings is 3. The number of hydrogen-bond donors (Lipinski definition) is 2. The second-order valence-corrected chi connectivity index (χ2v) is 11.4. The fourth-order valence-corrected chi connectivity index (χ4v) is 6.47. The summed E-state index contributed by atoms with van der Waals surface area (Å²) in [6.45, 7) is 15.3. The molecular weight excluding hydrogens is 442 g/mol. The maximum atomic E-state index is 4.43. The van der Waals surface area contributed by atoms with Crippen molar-refractivity contribution >= 4 is 5.57 Å². The standard InChI is InChI=1S/C31H45N5/c1-4-25(9-5-6-10-28-22-35-16-18-36(28)19-17-35)20-27-15-14-26(13-12-23(27)2)29-21-32-34-31(29)30-11-7-8-24(3)33-30/h5-6,12-13,15,21,24-25,27-28,30,33H,2,4,7-11,16-20,22H2,1,3H3,(H,32,34)/b6-5+. The van der Waals surface area contributed by atoms with Gasteiger partial charge < -0.3 is 5.32 Å². The van der Waals surface area contributed by atoms with Gasteiger partial charge in [0.15, 0.2) is 0 Å². The number of fused-ring (bicyclic) bond motifs is 3. The molecule has 4 aliphatic heterocycles. The molecule has 1 aliphatic carbocycles. The fraction of sp³-hybridized carbons (Fsp3) is 0.613. The lowest BCUT2D eigenvalue weighted by molar-refractivity contribution is 0.0147. The average Bonchev–Trinajstić information content (AvgIpc) is 3.32. The number of hydrogen-bond acceptors (Lipinski definition) is 4. The van der Waals surface area contributed by atoms with Gasteiger partial charge in [0, 0.05) is 67.9 Å². The summed E-state index contributed by atoms with van der Waals surface area (Å²) in [5.74, 6) is 1.01. The van der Waals surface area contributed by atoms with Gasteiger partial charge in [0.2, 0.25) is 0 Å². The molecule has 4 fully saturated rings. The van der Waals surface area contributed by atoms with Crippen LogP contribution >= 0.6 is 0 Å². The molecule has 5 heteroatoms. The minimum absolute atomic E-state index is 0.338. The zero-order valence-electron chi connectivity index (χ0n) is 22.4. The molecule has 5 aliphatic rings. The highest BCUT2D eigenvalue weighted by Crippen LogP contribution is 2.33. The van der Waals surface area contributed by atoms with Crippen molar-refractivity contribution in [3.05, 3.63) is 65.7 Å². The molecule has 5 nitrogen and oxygen atoms in total.